The summed E-state index contributed by atoms with van der Waals surface area (Å²) in [4.78, 5) is 4.15. The first-order valence-corrected chi connectivity index (χ1v) is 7.11. The second-order valence-corrected chi connectivity index (χ2v) is 5.24. The van der Waals surface area contributed by atoms with Crippen LogP contribution < -0.4 is 5.32 Å². The van der Waals surface area contributed by atoms with Crippen LogP contribution in [0.25, 0.3) is 0 Å². The molecule has 2 atom stereocenters. The lowest BCUT2D eigenvalue weighted by Gasteiger charge is -2.22. The van der Waals surface area contributed by atoms with Gasteiger partial charge in [-0.3, -0.25) is 4.98 Å². The van der Waals surface area contributed by atoms with Crippen LogP contribution in [0.4, 0.5) is 4.39 Å². The summed E-state index contributed by atoms with van der Waals surface area (Å²) in [7, 11) is 0. The van der Waals surface area contributed by atoms with Crippen LogP contribution >= 0.6 is 11.6 Å². The Morgan fingerprint density at radius 1 is 1.30 bits per heavy atom. The fourth-order valence-corrected chi connectivity index (χ4v) is 2.38. The van der Waals surface area contributed by atoms with Gasteiger partial charge in [-0.1, -0.05) is 30.7 Å². The lowest BCUT2D eigenvalue weighted by molar-refractivity contribution is 0.447. The molecule has 106 valence electrons. The van der Waals surface area contributed by atoms with E-state index in [1.54, 1.807) is 6.07 Å². The van der Waals surface area contributed by atoms with Crippen LogP contribution in [0.15, 0.2) is 42.6 Å². The van der Waals surface area contributed by atoms with Gasteiger partial charge in [0, 0.05) is 17.1 Å². The molecular weight excluding hydrogens is 275 g/mol. The molecule has 2 aromatic rings. The van der Waals surface area contributed by atoms with Crippen molar-refractivity contribution >= 4 is 11.6 Å². The molecule has 0 saturated heterocycles. The number of nitrogens with one attached hydrogen (secondary N) is 1. The number of hydrogen-bond donors (Lipinski definition) is 1. The Morgan fingerprint density at radius 2 is 2.10 bits per heavy atom. The standard InChI is InChI=1S/C16H18ClFN2/c1-3-15(16-8-7-14(18)10-19-16)20-11(2)12-5-4-6-13(17)9-12/h4-11,15,20H,3H2,1-2H3/t11-,15?/m0/s1. The highest BCUT2D eigenvalue weighted by Gasteiger charge is 2.15. The fraction of sp³-hybridized carbons (Fsp3) is 0.312. The topological polar surface area (TPSA) is 24.9 Å². The van der Waals surface area contributed by atoms with E-state index in [1.165, 1.54) is 12.3 Å². The average molecular weight is 293 g/mol. The van der Waals surface area contributed by atoms with E-state index in [1.807, 2.05) is 24.3 Å². The molecule has 0 radical (unpaired) electrons. The fourth-order valence-electron chi connectivity index (χ4n) is 2.18. The molecule has 1 unspecified atom stereocenters. The zero-order valence-electron chi connectivity index (χ0n) is 11.6. The van der Waals surface area contributed by atoms with Crippen molar-refractivity contribution in [2.45, 2.75) is 32.4 Å². The van der Waals surface area contributed by atoms with Gasteiger partial charge < -0.3 is 5.32 Å². The highest BCUT2D eigenvalue weighted by molar-refractivity contribution is 6.30. The first-order chi connectivity index (χ1) is 9.60. The normalized spacial score (nSPS) is 14.0. The summed E-state index contributed by atoms with van der Waals surface area (Å²) in [6.07, 6.45) is 2.13. The second-order valence-electron chi connectivity index (χ2n) is 4.81. The zero-order chi connectivity index (χ0) is 14.5. The second kappa shape index (κ2) is 6.82. The van der Waals surface area contributed by atoms with Crippen LogP contribution in [0.1, 0.15) is 43.6 Å². The van der Waals surface area contributed by atoms with Gasteiger partial charge in [0.2, 0.25) is 0 Å². The average Bonchev–Trinajstić information content (AvgIpc) is 2.45. The molecule has 0 spiro atoms. The predicted molar refractivity (Wildman–Crippen MR) is 80.2 cm³/mol. The van der Waals surface area contributed by atoms with Crippen molar-refractivity contribution in [3.63, 3.8) is 0 Å². The van der Waals surface area contributed by atoms with Gasteiger partial charge >= 0.3 is 0 Å². The molecule has 0 aliphatic rings. The van der Waals surface area contributed by atoms with Crippen molar-refractivity contribution < 1.29 is 4.39 Å². The van der Waals surface area contributed by atoms with Crippen LogP contribution in [0.5, 0.6) is 0 Å². The lowest BCUT2D eigenvalue weighted by Crippen LogP contribution is -2.25. The summed E-state index contributed by atoms with van der Waals surface area (Å²) < 4.78 is 12.9. The molecule has 4 heteroatoms. The summed E-state index contributed by atoms with van der Waals surface area (Å²) in [5.74, 6) is -0.313. The van der Waals surface area contributed by atoms with Crippen molar-refractivity contribution in [1.29, 1.82) is 0 Å². The highest BCUT2D eigenvalue weighted by atomic mass is 35.5. The Hall–Kier alpha value is -1.45. The Morgan fingerprint density at radius 3 is 2.70 bits per heavy atom. The SMILES string of the molecule is CCC(N[C@@H](C)c1cccc(Cl)c1)c1ccc(F)cn1. The summed E-state index contributed by atoms with van der Waals surface area (Å²) >= 11 is 6.01. The van der Waals surface area contributed by atoms with E-state index in [0.29, 0.717) is 0 Å². The van der Waals surface area contributed by atoms with Gasteiger partial charge in [-0.15, -0.1) is 0 Å². The minimum absolute atomic E-state index is 0.0876. The third kappa shape index (κ3) is 3.78. The number of benzene rings is 1. The summed E-state index contributed by atoms with van der Waals surface area (Å²) in [6.45, 7) is 4.16. The molecule has 1 N–H and O–H groups in total. The van der Waals surface area contributed by atoms with Gasteiger partial charge in [-0.05, 0) is 43.2 Å². The van der Waals surface area contributed by atoms with E-state index in [0.717, 1.165) is 22.7 Å². The number of pyridine rings is 1. The van der Waals surface area contributed by atoms with Crippen molar-refractivity contribution in [2.75, 3.05) is 0 Å². The molecule has 2 nitrogen and oxygen atoms in total. The van der Waals surface area contributed by atoms with Gasteiger partial charge in [0.1, 0.15) is 5.82 Å². The molecule has 1 aromatic carbocycles. The van der Waals surface area contributed by atoms with Crippen LogP contribution in [0, 0.1) is 5.82 Å². The monoisotopic (exact) mass is 292 g/mol. The van der Waals surface area contributed by atoms with Crippen molar-refractivity contribution in [1.82, 2.24) is 10.3 Å². The maximum atomic E-state index is 12.9. The molecule has 0 bridgehead atoms. The third-order valence-corrected chi connectivity index (χ3v) is 3.55. The molecule has 0 aliphatic carbocycles. The van der Waals surface area contributed by atoms with E-state index < -0.39 is 0 Å². The minimum atomic E-state index is -0.313. The Bertz CT molecular complexity index is 557. The largest absolute Gasteiger partial charge is 0.302 e. The molecule has 0 saturated carbocycles. The number of hydrogen-bond acceptors (Lipinski definition) is 2. The van der Waals surface area contributed by atoms with Crippen molar-refractivity contribution in [2.24, 2.45) is 0 Å². The maximum absolute atomic E-state index is 12.9. The van der Waals surface area contributed by atoms with Gasteiger partial charge in [0.05, 0.1) is 11.9 Å². The van der Waals surface area contributed by atoms with E-state index in [2.05, 4.69) is 24.1 Å². The Labute approximate surface area is 124 Å². The minimum Gasteiger partial charge on any atom is -0.302 e. The number of aromatic nitrogens is 1. The summed E-state index contributed by atoms with van der Waals surface area (Å²) in [6, 6.07) is 11.2. The molecular formula is C16H18ClFN2. The molecule has 2 rings (SSSR count). The van der Waals surface area contributed by atoms with Gasteiger partial charge in [0.25, 0.3) is 0 Å². The molecule has 0 aliphatic heterocycles. The van der Waals surface area contributed by atoms with E-state index in [9.17, 15) is 4.39 Å². The quantitative estimate of drug-likeness (QED) is 0.866. The first kappa shape index (κ1) is 14.9. The van der Waals surface area contributed by atoms with Gasteiger partial charge in [-0.2, -0.15) is 0 Å². The summed E-state index contributed by atoms with van der Waals surface area (Å²) in [5, 5.41) is 4.23. The smallest absolute Gasteiger partial charge is 0.141 e. The number of rotatable bonds is 5. The lowest BCUT2D eigenvalue weighted by atomic mass is 10.0. The van der Waals surface area contributed by atoms with Crippen LogP contribution in [-0.4, -0.2) is 4.98 Å². The third-order valence-electron chi connectivity index (χ3n) is 3.32. The molecule has 0 fully saturated rings. The predicted octanol–water partition coefficient (Wildman–Crippen LogP) is 4.68. The van der Waals surface area contributed by atoms with Crippen molar-refractivity contribution in [3.05, 3.63) is 64.7 Å². The Balaban J connectivity index is 2.11. The number of halogens is 2. The van der Waals surface area contributed by atoms with Gasteiger partial charge in [0.15, 0.2) is 0 Å². The van der Waals surface area contributed by atoms with Crippen LogP contribution in [0.2, 0.25) is 5.02 Å². The summed E-state index contributed by atoms with van der Waals surface area (Å²) in [5.41, 5.74) is 1.97. The first-order valence-electron chi connectivity index (χ1n) is 6.73. The molecule has 1 heterocycles. The Kier molecular flexibility index (Phi) is 5.10. The van der Waals surface area contributed by atoms with E-state index in [4.69, 9.17) is 11.6 Å². The highest BCUT2D eigenvalue weighted by Crippen LogP contribution is 2.22. The molecule has 1 aromatic heterocycles. The maximum Gasteiger partial charge on any atom is 0.141 e. The molecule has 20 heavy (non-hydrogen) atoms. The molecule has 0 amide bonds. The van der Waals surface area contributed by atoms with Gasteiger partial charge in [-0.25, -0.2) is 4.39 Å². The van der Waals surface area contributed by atoms with Crippen molar-refractivity contribution in [3.8, 4) is 0 Å². The number of nitrogens with zero attached hydrogens (tertiary/aromatic N) is 1. The van der Waals surface area contributed by atoms with Crippen LogP contribution in [0.3, 0.4) is 0 Å². The van der Waals surface area contributed by atoms with E-state index in [-0.39, 0.29) is 17.9 Å². The van der Waals surface area contributed by atoms with E-state index >= 15 is 0 Å². The zero-order valence-corrected chi connectivity index (χ0v) is 12.4. The van der Waals surface area contributed by atoms with Crippen LogP contribution in [-0.2, 0) is 0 Å².